The second-order valence-electron chi connectivity index (χ2n) is 7.37. The molecule has 3 N–H and O–H groups in total. The van der Waals surface area contributed by atoms with Crippen molar-refractivity contribution in [1.29, 1.82) is 0 Å². The largest absolute Gasteiger partial charge is 0.444 e. The van der Waals surface area contributed by atoms with Crippen molar-refractivity contribution in [3.63, 3.8) is 0 Å². The van der Waals surface area contributed by atoms with Crippen LogP contribution in [0, 0.1) is 0 Å². The first-order chi connectivity index (χ1) is 11.9. The third kappa shape index (κ3) is 13.4. The molecule has 1 fully saturated rings. The van der Waals surface area contributed by atoms with Crippen LogP contribution in [0.1, 0.15) is 53.4 Å². The Kier molecular flexibility index (Phi) is 13.9. The zero-order valence-corrected chi connectivity index (χ0v) is 19.2. The number of rotatable bonds is 7. The van der Waals surface area contributed by atoms with E-state index in [4.69, 9.17) is 4.74 Å². The van der Waals surface area contributed by atoms with Crippen LogP contribution in [0.3, 0.4) is 0 Å². The Morgan fingerprint density at radius 1 is 1.04 bits per heavy atom. The fraction of sp³-hybridized carbons (Fsp3) is 0.889. The van der Waals surface area contributed by atoms with Gasteiger partial charge in [0.25, 0.3) is 0 Å². The van der Waals surface area contributed by atoms with Gasteiger partial charge in [0.05, 0.1) is 6.54 Å². The molecule has 0 spiro atoms. The zero-order valence-electron chi connectivity index (χ0n) is 16.9. The summed E-state index contributed by atoms with van der Waals surface area (Å²) in [4.78, 5) is 18.7. The van der Waals surface area contributed by atoms with Crippen LogP contribution < -0.4 is 16.0 Å². The summed E-state index contributed by atoms with van der Waals surface area (Å²) in [6.07, 6.45) is 4.93. The minimum atomic E-state index is -0.471. The number of halogens is 1. The first kappa shape index (κ1) is 25.2. The fourth-order valence-corrected chi connectivity index (χ4v) is 2.66. The van der Waals surface area contributed by atoms with E-state index < -0.39 is 11.7 Å². The number of hydrogen-bond acceptors (Lipinski definition) is 4. The summed E-state index contributed by atoms with van der Waals surface area (Å²) in [5.41, 5.74) is -0.471. The lowest BCUT2D eigenvalue weighted by atomic mass is 10.2. The second-order valence-corrected chi connectivity index (χ2v) is 7.37. The van der Waals surface area contributed by atoms with Gasteiger partial charge in [-0.15, -0.1) is 24.0 Å². The van der Waals surface area contributed by atoms with Crippen LogP contribution in [0.25, 0.3) is 0 Å². The van der Waals surface area contributed by atoms with Crippen molar-refractivity contribution in [2.75, 3.05) is 45.8 Å². The maximum Gasteiger partial charge on any atom is 0.407 e. The molecule has 26 heavy (non-hydrogen) atoms. The Hall–Kier alpha value is -0.770. The highest BCUT2D eigenvalue weighted by Gasteiger charge is 2.15. The minimum absolute atomic E-state index is 0. The number of aliphatic imine (C=N–C) groups is 1. The fourth-order valence-electron chi connectivity index (χ4n) is 2.66. The number of nitrogens with zero attached hydrogens (tertiary/aromatic N) is 2. The summed E-state index contributed by atoms with van der Waals surface area (Å²) in [6.45, 7) is 13.7. The van der Waals surface area contributed by atoms with Crippen molar-refractivity contribution in [2.45, 2.75) is 59.0 Å². The Morgan fingerprint density at radius 3 is 2.23 bits per heavy atom. The number of likely N-dealkylation sites (tertiary alicyclic amines) is 1. The summed E-state index contributed by atoms with van der Waals surface area (Å²) in [5.74, 6) is 0.795. The molecular formula is C18H38IN5O2. The number of alkyl carbamates (subject to hydrolysis) is 1. The van der Waals surface area contributed by atoms with E-state index in [9.17, 15) is 4.79 Å². The molecule has 1 aliphatic rings. The average Bonchev–Trinajstić information content (AvgIpc) is 2.78. The number of nitrogens with one attached hydrogen (secondary N) is 3. The molecule has 1 rings (SSSR count). The van der Waals surface area contributed by atoms with E-state index in [1.807, 2.05) is 27.7 Å². The van der Waals surface area contributed by atoms with Gasteiger partial charge in [-0.2, -0.15) is 0 Å². The average molecular weight is 483 g/mol. The van der Waals surface area contributed by atoms with Crippen molar-refractivity contribution < 1.29 is 9.53 Å². The summed E-state index contributed by atoms with van der Waals surface area (Å²) in [5, 5.41) is 9.21. The number of guanidine groups is 1. The summed E-state index contributed by atoms with van der Waals surface area (Å²) in [7, 11) is 0. The standard InChI is InChI=1S/C18H37N5O2.HI/c1-5-19-16(20-10-11-22-17(24)25-18(2,3)4)21-12-15-23-13-8-6-7-9-14-23;/h5-15H2,1-4H3,(H,22,24)(H2,19,20,21);1H. The number of carbonyl (C=O) groups is 1. The molecule has 0 aromatic carbocycles. The van der Waals surface area contributed by atoms with Crippen molar-refractivity contribution in [1.82, 2.24) is 20.9 Å². The predicted octanol–water partition coefficient (Wildman–Crippen LogP) is 2.56. The van der Waals surface area contributed by atoms with Gasteiger partial charge in [0.2, 0.25) is 0 Å². The number of carbonyl (C=O) groups excluding carboxylic acids is 1. The van der Waals surface area contributed by atoms with E-state index in [0.717, 1.165) is 25.6 Å². The Morgan fingerprint density at radius 2 is 1.65 bits per heavy atom. The molecule has 0 aliphatic carbocycles. The molecule has 1 aliphatic heterocycles. The molecule has 0 aromatic rings. The zero-order chi connectivity index (χ0) is 18.5. The van der Waals surface area contributed by atoms with Crippen molar-refractivity contribution >= 4 is 36.0 Å². The first-order valence-corrected chi connectivity index (χ1v) is 9.62. The number of amides is 1. The van der Waals surface area contributed by atoms with Gasteiger partial charge in [0.1, 0.15) is 5.60 Å². The van der Waals surface area contributed by atoms with Crippen molar-refractivity contribution in [3.05, 3.63) is 0 Å². The lowest BCUT2D eigenvalue weighted by Crippen LogP contribution is -2.42. The molecule has 0 saturated carbocycles. The third-order valence-corrected chi connectivity index (χ3v) is 3.81. The highest BCUT2D eigenvalue weighted by Crippen LogP contribution is 2.09. The minimum Gasteiger partial charge on any atom is -0.444 e. The highest BCUT2D eigenvalue weighted by molar-refractivity contribution is 14.0. The summed E-state index contributed by atoms with van der Waals surface area (Å²) >= 11 is 0. The molecule has 0 aromatic heterocycles. The SMILES string of the molecule is CCNC(=NCCN1CCCCCC1)NCCNC(=O)OC(C)(C)C.I. The number of hydrogen-bond donors (Lipinski definition) is 3. The van der Waals surface area contributed by atoms with Crippen LogP contribution >= 0.6 is 24.0 Å². The smallest absolute Gasteiger partial charge is 0.407 e. The van der Waals surface area contributed by atoms with Gasteiger partial charge in [0.15, 0.2) is 5.96 Å². The second kappa shape index (κ2) is 14.3. The molecule has 1 amide bonds. The molecule has 0 bridgehead atoms. The van der Waals surface area contributed by atoms with Gasteiger partial charge >= 0.3 is 6.09 Å². The predicted molar refractivity (Wildman–Crippen MR) is 119 cm³/mol. The van der Waals surface area contributed by atoms with Gasteiger partial charge < -0.3 is 25.6 Å². The molecular weight excluding hydrogens is 445 g/mol. The van der Waals surface area contributed by atoms with Crippen molar-refractivity contribution in [3.8, 4) is 0 Å². The van der Waals surface area contributed by atoms with Crippen LogP contribution in [0.5, 0.6) is 0 Å². The van der Waals surface area contributed by atoms with Gasteiger partial charge in [-0.25, -0.2) is 4.79 Å². The van der Waals surface area contributed by atoms with E-state index in [1.165, 1.54) is 38.8 Å². The van der Waals surface area contributed by atoms with E-state index >= 15 is 0 Å². The van der Waals surface area contributed by atoms with Crippen LogP contribution in [-0.4, -0.2) is 68.4 Å². The van der Waals surface area contributed by atoms with E-state index in [2.05, 4.69) is 25.8 Å². The van der Waals surface area contributed by atoms with Crippen LogP contribution in [-0.2, 0) is 4.74 Å². The molecule has 1 saturated heterocycles. The molecule has 0 radical (unpaired) electrons. The molecule has 0 atom stereocenters. The van der Waals surface area contributed by atoms with Gasteiger partial charge in [0, 0.05) is 26.2 Å². The van der Waals surface area contributed by atoms with Gasteiger partial charge in [-0.05, 0) is 53.6 Å². The lowest BCUT2D eigenvalue weighted by molar-refractivity contribution is 0.0529. The lowest BCUT2D eigenvalue weighted by Gasteiger charge is -2.20. The number of ether oxygens (including phenoxy) is 1. The molecule has 8 heteroatoms. The van der Waals surface area contributed by atoms with Crippen molar-refractivity contribution in [2.24, 2.45) is 4.99 Å². The van der Waals surface area contributed by atoms with E-state index in [-0.39, 0.29) is 24.0 Å². The first-order valence-electron chi connectivity index (χ1n) is 9.62. The van der Waals surface area contributed by atoms with E-state index in [0.29, 0.717) is 13.1 Å². The third-order valence-electron chi connectivity index (χ3n) is 3.81. The Balaban J connectivity index is 0.00000625. The molecule has 0 unspecified atom stereocenters. The maximum absolute atomic E-state index is 11.6. The molecule has 1 heterocycles. The normalized spacial score (nSPS) is 16.2. The van der Waals surface area contributed by atoms with Crippen LogP contribution in [0.15, 0.2) is 4.99 Å². The summed E-state index contributed by atoms with van der Waals surface area (Å²) in [6, 6.07) is 0. The molecule has 154 valence electrons. The maximum atomic E-state index is 11.6. The Labute approximate surface area is 176 Å². The van der Waals surface area contributed by atoms with Crippen LogP contribution in [0.4, 0.5) is 4.79 Å². The Bertz CT molecular complexity index is 405. The van der Waals surface area contributed by atoms with Crippen LogP contribution in [0.2, 0.25) is 0 Å². The quantitative estimate of drug-likeness (QED) is 0.225. The van der Waals surface area contributed by atoms with Gasteiger partial charge in [-0.3, -0.25) is 4.99 Å². The monoisotopic (exact) mass is 483 g/mol. The highest BCUT2D eigenvalue weighted by atomic mass is 127. The molecule has 7 nitrogen and oxygen atoms in total. The van der Waals surface area contributed by atoms with Gasteiger partial charge in [-0.1, -0.05) is 12.8 Å². The topological polar surface area (TPSA) is 78.0 Å². The van der Waals surface area contributed by atoms with E-state index in [1.54, 1.807) is 0 Å². The summed E-state index contributed by atoms with van der Waals surface area (Å²) < 4.78 is 5.21.